The Morgan fingerprint density at radius 1 is 1.10 bits per heavy atom. The number of amides is 1. The number of halogens is 1. The molecule has 30 heavy (non-hydrogen) atoms. The number of nitrogens with zero attached hydrogens (tertiary/aromatic N) is 3. The maximum absolute atomic E-state index is 13.7. The van der Waals surface area contributed by atoms with E-state index in [0.717, 1.165) is 5.56 Å². The van der Waals surface area contributed by atoms with Gasteiger partial charge in [-0.1, -0.05) is 24.3 Å². The number of pyridine rings is 2. The number of likely N-dealkylation sites (tertiary alicyclic amines) is 1. The van der Waals surface area contributed by atoms with Crippen molar-refractivity contribution in [1.82, 2.24) is 20.2 Å². The van der Waals surface area contributed by atoms with Gasteiger partial charge < -0.3 is 10.4 Å². The van der Waals surface area contributed by atoms with Crippen molar-refractivity contribution in [3.8, 4) is 0 Å². The number of benzene rings is 1. The largest absolute Gasteiger partial charge is 0.378 e. The van der Waals surface area contributed by atoms with Crippen molar-refractivity contribution in [2.24, 2.45) is 0 Å². The van der Waals surface area contributed by atoms with Gasteiger partial charge in [0.2, 0.25) is 5.91 Å². The molecule has 1 unspecified atom stereocenters. The van der Waals surface area contributed by atoms with E-state index in [9.17, 15) is 14.3 Å². The highest BCUT2D eigenvalue weighted by Gasteiger charge is 2.48. The van der Waals surface area contributed by atoms with Crippen molar-refractivity contribution in [2.75, 3.05) is 13.1 Å². The molecular formula is C23H23FN4O2. The van der Waals surface area contributed by atoms with Crippen LogP contribution in [0.4, 0.5) is 4.39 Å². The minimum absolute atomic E-state index is 0.00232. The molecule has 2 N–H and O–H groups in total. The summed E-state index contributed by atoms with van der Waals surface area (Å²) < 4.78 is 13.7. The van der Waals surface area contributed by atoms with Crippen molar-refractivity contribution in [2.45, 2.75) is 24.6 Å². The number of nitrogens with one attached hydrogen (secondary N) is 1. The van der Waals surface area contributed by atoms with E-state index in [2.05, 4.69) is 20.2 Å². The number of aliphatic hydroxyl groups is 1. The first-order valence-corrected chi connectivity index (χ1v) is 9.78. The summed E-state index contributed by atoms with van der Waals surface area (Å²) in [4.78, 5) is 21.9. The molecule has 0 bridgehead atoms. The van der Waals surface area contributed by atoms with Crippen LogP contribution in [0.1, 0.15) is 29.7 Å². The molecule has 2 aromatic heterocycles. The van der Waals surface area contributed by atoms with Crippen LogP contribution in [0.2, 0.25) is 0 Å². The first-order chi connectivity index (χ1) is 14.5. The average Bonchev–Trinajstić information content (AvgIpc) is 2.74. The molecule has 1 saturated heterocycles. The molecule has 0 saturated carbocycles. The molecule has 0 spiro atoms. The Kier molecular flexibility index (Phi) is 5.57. The summed E-state index contributed by atoms with van der Waals surface area (Å²) in [5.41, 5.74) is 0.486. The van der Waals surface area contributed by atoms with Gasteiger partial charge in [-0.25, -0.2) is 4.39 Å². The van der Waals surface area contributed by atoms with Gasteiger partial charge >= 0.3 is 0 Å². The van der Waals surface area contributed by atoms with Crippen molar-refractivity contribution >= 4 is 5.91 Å². The van der Waals surface area contributed by atoms with Crippen molar-refractivity contribution in [3.63, 3.8) is 0 Å². The molecule has 7 heteroatoms. The van der Waals surface area contributed by atoms with Crippen molar-refractivity contribution < 1.29 is 14.3 Å². The van der Waals surface area contributed by atoms with Crippen LogP contribution >= 0.6 is 0 Å². The fourth-order valence-corrected chi connectivity index (χ4v) is 4.12. The van der Waals surface area contributed by atoms with Crippen LogP contribution in [-0.2, 0) is 10.4 Å². The Morgan fingerprint density at radius 3 is 2.13 bits per heavy atom. The van der Waals surface area contributed by atoms with Crippen LogP contribution in [0.15, 0.2) is 73.3 Å². The van der Waals surface area contributed by atoms with Crippen LogP contribution in [0.5, 0.6) is 0 Å². The Morgan fingerprint density at radius 2 is 1.67 bits per heavy atom. The highest BCUT2D eigenvalue weighted by molar-refractivity contribution is 5.73. The zero-order chi connectivity index (χ0) is 21.1. The van der Waals surface area contributed by atoms with Gasteiger partial charge in [-0.05, 0) is 29.8 Å². The molecular weight excluding hydrogens is 383 g/mol. The molecule has 0 aliphatic carbocycles. The average molecular weight is 406 g/mol. The molecule has 1 atom stereocenters. The number of carbonyl (C=O) groups is 1. The van der Waals surface area contributed by atoms with Crippen LogP contribution in [0, 0.1) is 5.82 Å². The Balaban J connectivity index is 1.82. The van der Waals surface area contributed by atoms with Crippen molar-refractivity contribution in [1.29, 1.82) is 0 Å². The van der Waals surface area contributed by atoms with Crippen molar-refractivity contribution in [3.05, 3.63) is 95.8 Å². The summed E-state index contributed by atoms with van der Waals surface area (Å²) in [5, 5.41) is 15.1. The van der Waals surface area contributed by atoms with E-state index >= 15 is 0 Å². The summed E-state index contributed by atoms with van der Waals surface area (Å²) in [5.74, 6) is -0.434. The maximum atomic E-state index is 13.7. The monoisotopic (exact) mass is 406 g/mol. The van der Waals surface area contributed by atoms with Crippen LogP contribution in [-0.4, -0.2) is 45.0 Å². The van der Waals surface area contributed by atoms with E-state index in [-0.39, 0.29) is 17.8 Å². The Hall–Kier alpha value is -3.16. The maximum Gasteiger partial charge on any atom is 0.217 e. The smallest absolute Gasteiger partial charge is 0.217 e. The predicted octanol–water partition coefficient (Wildman–Crippen LogP) is 2.41. The summed E-state index contributed by atoms with van der Waals surface area (Å²) in [7, 11) is 0. The van der Waals surface area contributed by atoms with Gasteiger partial charge in [-0.15, -0.1) is 0 Å². The lowest BCUT2D eigenvalue weighted by atomic mass is 9.76. The molecule has 1 aliphatic heterocycles. The van der Waals surface area contributed by atoms with E-state index < -0.39 is 11.6 Å². The zero-order valence-electron chi connectivity index (χ0n) is 16.6. The molecule has 154 valence electrons. The van der Waals surface area contributed by atoms with Gasteiger partial charge in [0.1, 0.15) is 11.4 Å². The van der Waals surface area contributed by atoms with Gasteiger partial charge in [0.05, 0.1) is 12.1 Å². The molecule has 3 aromatic rings. The van der Waals surface area contributed by atoms with E-state index in [0.29, 0.717) is 24.2 Å². The first kappa shape index (κ1) is 20.1. The predicted molar refractivity (Wildman–Crippen MR) is 110 cm³/mol. The second-order valence-electron chi connectivity index (χ2n) is 7.56. The van der Waals surface area contributed by atoms with Gasteiger partial charge in [0.15, 0.2) is 0 Å². The fourth-order valence-electron chi connectivity index (χ4n) is 4.12. The van der Waals surface area contributed by atoms with Gasteiger partial charge in [0, 0.05) is 55.9 Å². The quantitative estimate of drug-likeness (QED) is 0.657. The molecule has 1 aromatic carbocycles. The lowest BCUT2D eigenvalue weighted by Crippen LogP contribution is -2.62. The second kappa shape index (κ2) is 8.30. The minimum atomic E-state index is -1.48. The number of aromatic nitrogens is 2. The third kappa shape index (κ3) is 3.81. The summed E-state index contributed by atoms with van der Waals surface area (Å²) in [6.45, 7) is 2.61. The van der Waals surface area contributed by atoms with Gasteiger partial charge in [-0.2, -0.15) is 0 Å². The molecule has 3 heterocycles. The highest BCUT2D eigenvalue weighted by Crippen LogP contribution is 2.45. The Labute approximate surface area is 174 Å². The topological polar surface area (TPSA) is 78.4 Å². The van der Waals surface area contributed by atoms with E-state index in [1.165, 1.54) is 19.1 Å². The molecule has 1 aliphatic rings. The summed E-state index contributed by atoms with van der Waals surface area (Å²) >= 11 is 0. The summed E-state index contributed by atoms with van der Waals surface area (Å²) in [6.07, 6.45) is 6.57. The van der Waals surface area contributed by atoms with Crippen LogP contribution < -0.4 is 5.32 Å². The van der Waals surface area contributed by atoms with Gasteiger partial charge in [-0.3, -0.25) is 19.7 Å². The van der Waals surface area contributed by atoms with Crippen LogP contribution in [0.3, 0.4) is 0 Å². The normalized spacial score (nSPS) is 16.0. The molecule has 6 nitrogen and oxygen atoms in total. The third-order valence-corrected chi connectivity index (χ3v) is 5.47. The molecule has 1 amide bonds. The number of rotatable bonds is 6. The van der Waals surface area contributed by atoms with E-state index in [1.54, 1.807) is 49.1 Å². The third-order valence-electron chi connectivity index (χ3n) is 5.47. The Bertz CT molecular complexity index is 953. The second-order valence-corrected chi connectivity index (χ2v) is 7.56. The SMILES string of the molecule is CC(=O)NC1CN(C(c2ccc(F)cc2)C(O)(c2cccnc2)c2cccnc2)C1. The fraction of sp³-hybridized carbons (Fsp3) is 0.261. The molecule has 0 radical (unpaired) electrons. The number of hydrogen-bond donors (Lipinski definition) is 2. The van der Waals surface area contributed by atoms with E-state index in [4.69, 9.17) is 0 Å². The number of hydrogen-bond acceptors (Lipinski definition) is 5. The van der Waals surface area contributed by atoms with Crippen LogP contribution in [0.25, 0.3) is 0 Å². The summed E-state index contributed by atoms with van der Waals surface area (Å²) in [6, 6.07) is 12.8. The number of carbonyl (C=O) groups excluding carboxylic acids is 1. The first-order valence-electron chi connectivity index (χ1n) is 9.78. The molecule has 1 fully saturated rings. The highest BCUT2D eigenvalue weighted by atomic mass is 19.1. The van der Waals surface area contributed by atoms with Gasteiger partial charge in [0.25, 0.3) is 0 Å². The van der Waals surface area contributed by atoms with E-state index in [1.807, 2.05) is 12.1 Å². The lowest BCUT2D eigenvalue weighted by Gasteiger charge is -2.50. The molecule has 4 rings (SSSR count). The standard InChI is InChI=1S/C23H23FN4O2/c1-16(29)27-21-14-28(15-21)22(17-6-8-20(24)9-7-17)23(30,18-4-2-10-25-12-18)19-5-3-11-26-13-19/h2-13,21-22,30H,14-15H2,1H3,(H,27,29). The minimum Gasteiger partial charge on any atom is -0.378 e. The zero-order valence-corrected chi connectivity index (χ0v) is 16.6. The lowest BCUT2D eigenvalue weighted by molar-refractivity contribution is -0.122.